The zero-order valence-electron chi connectivity index (χ0n) is 17.1. The first-order valence-corrected chi connectivity index (χ1v) is 9.44. The Morgan fingerprint density at radius 1 is 1.20 bits per heavy atom. The van der Waals surface area contributed by atoms with Crippen LogP contribution in [-0.2, 0) is 28.6 Å². The maximum absolute atomic E-state index is 13.0. The largest absolute Gasteiger partial charge is 0.466 e. The van der Waals surface area contributed by atoms with Crippen LogP contribution in [0, 0.1) is 0 Å². The minimum atomic E-state index is -1.27. The van der Waals surface area contributed by atoms with Crippen LogP contribution in [0.25, 0.3) is 0 Å². The second-order valence-electron chi connectivity index (χ2n) is 6.28. The topological polar surface area (TPSA) is 129 Å². The summed E-state index contributed by atoms with van der Waals surface area (Å²) in [6.07, 6.45) is -1.27. The molecule has 2 atom stereocenters. The molecule has 30 heavy (non-hydrogen) atoms. The maximum Gasteiger partial charge on any atom is 0.336 e. The van der Waals surface area contributed by atoms with E-state index in [0.29, 0.717) is 16.3 Å². The molecule has 0 fully saturated rings. The van der Waals surface area contributed by atoms with Crippen molar-refractivity contribution in [1.29, 1.82) is 0 Å². The van der Waals surface area contributed by atoms with Crippen molar-refractivity contribution >= 4 is 29.4 Å². The number of ether oxygens (including phenoxy) is 3. The first-order valence-electron chi connectivity index (χ1n) is 9.07. The lowest BCUT2D eigenvalue weighted by atomic mass is 9.79. The van der Waals surface area contributed by atoms with E-state index in [1.165, 1.54) is 14.2 Å². The fraction of sp³-hybridized carbons (Fsp3) is 0.350. The summed E-state index contributed by atoms with van der Waals surface area (Å²) in [7, 11) is 2.52. The smallest absolute Gasteiger partial charge is 0.336 e. The molecule has 1 heterocycles. The molecule has 9 nitrogen and oxygen atoms in total. The number of carbonyl (C=O) groups excluding carboxylic acids is 3. The maximum atomic E-state index is 13.0. The second-order valence-corrected chi connectivity index (χ2v) is 6.69. The van der Waals surface area contributed by atoms with Crippen LogP contribution in [0.3, 0.4) is 0 Å². The van der Waals surface area contributed by atoms with Gasteiger partial charge in [0.2, 0.25) is 0 Å². The number of benzene rings is 1. The molecule has 1 aromatic rings. The zero-order chi connectivity index (χ0) is 22.4. The van der Waals surface area contributed by atoms with Gasteiger partial charge in [0.25, 0.3) is 5.91 Å². The van der Waals surface area contributed by atoms with Crippen LogP contribution in [0.5, 0.6) is 0 Å². The summed E-state index contributed by atoms with van der Waals surface area (Å²) in [5.74, 6) is 2.21. The van der Waals surface area contributed by atoms with E-state index in [4.69, 9.17) is 31.7 Å². The molecule has 1 aliphatic heterocycles. The Kier molecular flexibility index (Phi) is 7.99. The molecule has 0 aromatic heterocycles. The first kappa shape index (κ1) is 23.4. The molecule has 1 aromatic carbocycles. The number of nitrogens with two attached hydrogens (primary N) is 1. The highest BCUT2D eigenvalue weighted by molar-refractivity contribution is 6.31. The van der Waals surface area contributed by atoms with E-state index in [2.05, 4.69) is 5.32 Å². The van der Waals surface area contributed by atoms with Gasteiger partial charge in [-0.05, 0) is 25.5 Å². The number of dihydropyridines is 1. The molecule has 1 amide bonds. The van der Waals surface area contributed by atoms with E-state index in [-0.39, 0.29) is 23.5 Å². The van der Waals surface area contributed by atoms with Gasteiger partial charge in [-0.25, -0.2) is 15.4 Å². The van der Waals surface area contributed by atoms with E-state index in [9.17, 15) is 14.4 Å². The first-order chi connectivity index (χ1) is 14.3. The Morgan fingerprint density at radius 2 is 1.87 bits per heavy atom. The van der Waals surface area contributed by atoms with Crippen molar-refractivity contribution in [3.05, 3.63) is 57.4 Å². The fourth-order valence-electron chi connectivity index (χ4n) is 3.33. The van der Waals surface area contributed by atoms with Gasteiger partial charge in [0.05, 0.1) is 36.5 Å². The molecule has 10 heteroatoms. The summed E-state index contributed by atoms with van der Waals surface area (Å²) in [6.45, 7) is 3.33. The Labute approximate surface area is 179 Å². The predicted octanol–water partition coefficient (Wildman–Crippen LogP) is 1.30. The van der Waals surface area contributed by atoms with Gasteiger partial charge >= 0.3 is 11.9 Å². The number of rotatable bonds is 7. The average molecular weight is 438 g/mol. The number of hydrogen-bond donors (Lipinski definition) is 3. The molecule has 4 N–H and O–H groups in total. The van der Waals surface area contributed by atoms with Gasteiger partial charge in [0.15, 0.2) is 6.10 Å². The van der Waals surface area contributed by atoms with Gasteiger partial charge in [-0.15, -0.1) is 0 Å². The summed E-state index contributed by atoms with van der Waals surface area (Å²) in [4.78, 5) is 38.0. The molecule has 0 spiro atoms. The molecule has 162 valence electrons. The van der Waals surface area contributed by atoms with Gasteiger partial charge in [0.1, 0.15) is 0 Å². The normalized spacial score (nSPS) is 17.2. The Hall–Kier alpha value is -2.88. The summed E-state index contributed by atoms with van der Waals surface area (Å²) in [5.41, 5.74) is 3.07. The van der Waals surface area contributed by atoms with Crippen molar-refractivity contribution in [3.8, 4) is 0 Å². The quantitative estimate of drug-likeness (QED) is 0.252. The van der Waals surface area contributed by atoms with Crippen molar-refractivity contribution in [2.45, 2.75) is 25.9 Å². The van der Waals surface area contributed by atoms with Crippen LogP contribution in [0.1, 0.15) is 25.3 Å². The van der Waals surface area contributed by atoms with Crippen LogP contribution >= 0.6 is 11.6 Å². The molecule has 0 saturated carbocycles. The van der Waals surface area contributed by atoms with E-state index < -0.39 is 29.9 Å². The highest BCUT2D eigenvalue weighted by Crippen LogP contribution is 2.42. The van der Waals surface area contributed by atoms with Gasteiger partial charge in [-0.2, -0.15) is 0 Å². The number of amides is 1. The van der Waals surface area contributed by atoms with E-state index in [0.717, 1.165) is 0 Å². The van der Waals surface area contributed by atoms with Crippen molar-refractivity contribution < 1.29 is 28.6 Å². The lowest BCUT2D eigenvalue weighted by Gasteiger charge is -2.33. The van der Waals surface area contributed by atoms with Gasteiger partial charge < -0.3 is 19.5 Å². The Balaban J connectivity index is 2.87. The van der Waals surface area contributed by atoms with E-state index in [1.54, 1.807) is 38.1 Å². The lowest BCUT2D eigenvalue weighted by Crippen LogP contribution is -2.46. The number of esters is 2. The van der Waals surface area contributed by atoms with Gasteiger partial charge in [-0.1, -0.05) is 29.8 Å². The molecular formula is C20H24ClN3O6. The Morgan fingerprint density at radius 3 is 2.40 bits per heavy atom. The summed E-state index contributed by atoms with van der Waals surface area (Å²) >= 11 is 6.42. The summed E-state index contributed by atoms with van der Waals surface area (Å²) < 4.78 is 15.5. The molecule has 0 aliphatic carbocycles. The average Bonchev–Trinajstić information content (AvgIpc) is 2.73. The van der Waals surface area contributed by atoms with Crippen LogP contribution in [0.15, 0.2) is 46.8 Å². The monoisotopic (exact) mass is 437 g/mol. The Bertz CT molecular complexity index is 912. The van der Waals surface area contributed by atoms with Crippen molar-refractivity contribution in [1.82, 2.24) is 10.7 Å². The highest BCUT2D eigenvalue weighted by Gasteiger charge is 2.42. The second kappa shape index (κ2) is 10.2. The van der Waals surface area contributed by atoms with Crippen LogP contribution in [-0.4, -0.2) is 44.8 Å². The minimum absolute atomic E-state index is 0.00796. The number of allylic oxidation sites excluding steroid dienone is 1. The van der Waals surface area contributed by atoms with Gasteiger partial charge in [-0.3, -0.25) is 10.2 Å². The van der Waals surface area contributed by atoms with Crippen molar-refractivity contribution in [2.24, 2.45) is 5.84 Å². The molecule has 1 aliphatic rings. The number of hydrazine groups is 1. The summed E-state index contributed by atoms with van der Waals surface area (Å²) in [5, 5.41) is 3.25. The van der Waals surface area contributed by atoms with Crippen LogP contribution < -0.4 is 16.6 Å². The molecule has 2 rings (SSSR count). The number of halogens is 1. The summed E-state index contributed by atoms with van der Waals surface area (Å²) in [6, 6.07) is 6.74. The predicted molar refractivity (Wildman–Crippen MR) is 109 cm³/mol. The van der Waals surface area contributed by atoms with E-state index in [1.807, 2.05) is 5.43 Å². The third-order valence-electron chi connectivity index (χ3n) is 4.59. The number of hydrogen-bond acceptors (Lipinski definition) is 8. The molecule has 0 saturated heterocycles. The van der Waals surface area contributed by atoms with Crippen molar-refractivity contribution in [2.75, 3.05) is 20.8 Å². The van der Waals surface area contributed by atoms with E-state index >= 15 is 0 Å². The lowest BCUT2D eigenvalue weighted by molar-refractivity contribution is -0.139. The van der Waals surface area contributed by atoms with Crippen molar-refractivity contribution in [3.63, 3.8) is 0 Å². The van der Waals surface area contributed by atoms with Crippen LogP contribution in [0.4, 0.5) is 0 Å². The third-order valence-corrected chi connectivity index (χ3v) is 4.93. The standard InChI is InChI=1S/C20H24ClN3O6/c1-5-30-20(27)15-14(11-8-6-7-9-12(11)21)13(19(26)29-4)10(2)23-16(15)17(28-3)18(25)24-22/h6-9,14,17,23H,5,22H2,1-4H3,(H,24,25). The third kappa shape index (κ3) is 4.48. The highest BCUT2D eigenvalue weighted by atomic mass is 35.5. The molecular weight excluding hydrogens is 414 g/mol. The number of nitrogens with one attached hydrogen (secondary N) is 2. The number of carbonyl (C=O) groups is 3. The molecule has 2 unspecified atom stereocenters. The fourth-order valence-corrected chi connectivity index (χ4v) is 3.57. The zero-order valence-corrected chi connectivity index (χ0v) is 17.8. The molecule has 0 bridgehead atoms. The van der Waals surface area contributed by atoms with Gasteiger partial charge in [0, 0.05) is 17.8 Å². The SMILES string of the molecule is CCOC(=O)C1=C(C(OC)C(=O)NN)NC(C)=C(C(=O)OC)C1c1ccccc1Cl. The minimum Gasteiger partial charge on any atom is -0.466 e. The van der Waals surface area contributed by atoms with Crippen LogP contribution in [0.2, 0.25) is 5.02 Å². The number of methoxy groups -OCH3 is 2. The molecule has 0 radical (unpaired) electrons.